The average Bonchev–Trinajstić information content (AvgIpc) is 3.09. The molecule has 0 spiro atoms. The first-order chi connectivity index (χ1) is 13.3. The summed E-state index contributed by atoms with van der Waals surface area (Å²) in [5.74, 6) is -0.745. The molecule has 3 N–H and O–H groups in total. The Morgan fingerprint density at radius 2 is 1.83 bits per heavy atom. The highest BCUT2D eigenvalue weighted by molar-refractivity contribution is 6.30. The first-order valence-corrected chi connectivity index (χ1v) is 10.2. The van der Waals surface area contributed by atoms with E-state index in [0.29, 0.717) is 13.1 Å². The molecule has 8 heteroatoms. The van der Waals surface area contributed by atoms with E-state index in [9.17, 15) is 19.4 Å². The molecule has 29 heavy (non-hydrogen) atoms. The van der Waals surface area contributed by atoms with Crippen molar-refractivity contribution < 1.29 is 24.1 Å². The van der Waals surface area contributed by atoms with Gasteiger partial charge in [0.15, 0.2) is 0 Å². The number of rotatable bonds is 6. The van der Waals surface area contributed by atoms with Crippen LogP contribution in [0.4, 0.5) is 4.39 Å². The number of hydrogen-bond acceptors (Lipinski definition) is 5. The predicted molar refractivity (Wildman–Crippen MR) is 107 cm³/mol. The van der Waals surface area contributed by atoms with Gasteiger partial charge < -0.3 is 20.3 Å². The Balaban J connectivity index is 1.57. The van der Waals surface area contributed by atoms with E-state index in [1.165, 1.54) is 12.1 Å². The Kier molecular flexibility index (Phi) is 6.02. The van der Waals surface area contributed by atoms with Crippen molar-refractivity contribution in [3.63, 3.8) is 0 Å². The zero-order valence-electron chi connectivity index (χ0n) is 17.4. The Labute approximate surface area is 176 Å². The van der Waals surface area contributed by atoms with E-state index in [0.717, 1.165) is 0 Å². The van der Waals surface area contributed by atoms with Crippen LogP contribution >= 0.6 is 11.6 Å². The van der Waals surface area contributed by atoms with Gasteiger partial charge in [0, 0.05) is 24.6 Å². The first-order valence-electron chi connectivity index (χ1n) is 9.86. The minimum atomic E-state index is -1.25. The van der Waals surface area contributed by atoms with Gasteiger partial charge in [0.25, 0.3) is 0 Å². The number of carbonyl (C=O) groups is 1. The number of amides is 1. The fourth-order valence-electron chi connectivity index (χ4n) is 4.11. The number of nitrogens with zero attached hydrogens (tertiary/aromatic N) is 1. The quantitative estimate of drug-likeness (QED) is 0.607. The van der Waals surface area contributed by atoms with Crippen molar-refractivity contribution in [3.8, 4) is 0 Å². The molecule has 3 rings (SSSR count). The molecule has 2 fully saturated rings. The minimum Gasteiger partial charge on any atom is -0.386 e. The third-order valence-electron chi connectivity index (χ3n) is 5.70. The van der Waals surface area contributed by atoms with E-state index in [4.69, 9.17) is 16.3 Å². The van der Waals surface area contributed by atoms with Gasteiger partial charge in [0.05, 0.1) is 16.2 Å². The number of nitrogens with one attached hydrogen (secondary N) is 1. The number of aliphatic hydroxyl groups is 2. The second-order valence-corrected chi connectivity index (χ2v) is 10.0. The van der Waals surface area contributed by atoms with E-state index in [-0.39, 0.29) is 34.2 Å². The predicted octanol–water partition coefficient (Wildman–Crippen LogP) is 2.68. The minimum absolute atomic E-state index is 0.0485. The number of hydrogen-bond donors (Lipinski definition) is 3. The van der Waals surface area contributed by atoms with Crippen LogP contribution in [0.25, 0.3) is 0 Å². The smallest absolute Gasteiger partial charge is 0.224 e. The molecule has 1 saturated carbocycles. The highest BCUT2D eigenvalue weighted by Crippen LogP contribution is 2.52. The molecule has 162 valence electrons. The van der Waals surface area contributed by atoms with Crippen molar-refractivity contribution in [2.45, 2.75) is 58.3 Å². The standard InChI is InChI=1S/C21H30ClFN2O4/c1-20(2,3)29-19(28)25-9-12-13(10-25)15(12)18(27)24-21(4,5)17(26)11-7-6-8-14(22)16(11)23/h6-8,12-13,15,17,19,26,28H,9-10H2,1-5H3,(H,24,27)/t12-,13+,15?,17?,19?. The molecule has 1 aromatic rings. The number of likely N-dealkylation sites (tertiary alicyclic amines) is 1. The third kappa shape index (κ3) is 4.75. The van der Waals surface area contributed by atoms with Gasteiger partial charge in [-0.05, 0) is 52.5 Å². The van der Waals surface area contributed by atoms with Crippen LogP contribution in [0.3, 0.4) is 0 Å². The van der Waals surface area contributed by atoms with Crippen molar-refractivity contribution in [1.29, 1.82) is 0 Å². The highest BCUT2D eigenvalue weighted by atomic mass is 35.5. The number of piperidine rings is 1. The Morgan fingerprint density at radius 1 is 1.24 bits per heavy atom. The molecule has 2 aliphatic rings. The van der Waals surface area contributed by atoms with Crippen LogP contribution in [-0.4, -0.2) is 51.7 Å². The van der Waals surface area contributed by atoms with Crippen LogP contribution in [-0.2, 0) is 9.53 Å². The second-order valence-electron chi connectivity index (χ2n) is 9.62. The highest BCUT2D eigenvalue weighted by Gasteiger charge is 2.60. The molecule has 1 amide bonds. The summed E-state index contributed by atoms with van der Waals surface area (Å²) in [7, 11) is 0. The number of halogens is 2. The Morgan fingerprint density at radius 3 is 2.38 bits per heavy atom. The van der Waals surface area contributed by atoms with Gasteiger partial charge >= 0.3 is 0 Å². The molecule has 1 aromatic carbocycles. The number of carbonyl (C=O) groups excluding carboxylic acids is 1. The lowest BCUT2D eigenvalue weighted by Crippen LogP contribution is -2.50. The molecule has 1 aliphatic heterocycles. The van der Waals surface area contributed by atoms with Crippen molar-refractivity contribution >= 4 is 17.5 Å². The molecule has 5 atom stereocenters. The van der Waals surface area contributed by atoms with Crippen molar-refractivity contribution in [3.05, 3.63) is 34.6 Å². The van der Waals surface area contributed by atoms with Gasteiger partial charge in [-0.1, -0.05) is 23.7 Å². The fourth-order valence-corrected chi connectivity index (χ4v) is 4.29. The van der Waals surface area contributed by atoms with E-state index in [1.807, 2.05) is 25.7 Å². The molecule has 1 aliphatic carbocycles. The lowest BCUT2D eigenvalue weighted by molar-refractivity contribution is -0.236. The molecular weight excluding hydrogens is 399 g/mol. The summed E-state index contributed by atoms with van der Waals surface area (Å²) in [6, 6.07) is 4.43. The summed E-state index contributed by atoms with van der Waals surface area (Å²) in [4.78, 5) is 14.6. The maximum atomic E-state index is 14.3. The van der Waals surface area contributed by atoms with Gasteiger partial charge in [0.1, 0.15) is 11.9 Å². The van der Waals surface area contributed by atoms with Gasteiger partial charge in [-0.15, -0.1) is 0 Å². The van der Waals surface area contributed by atoms with Crippen LogP contribution in [0.15, 0.2) is 18.2 Å². The normalized spacial score (nSPS) is 26.7. The molecule has 0 aromatic heterocycles. The van der Waals surface area contributed by atoms with E-state index in [2.05, 4.69) is 5.32 Å². The van der Waals surface area contributed by atoms with Gasteiger partial charge in [-0.2, -0.15) is 0 Å². The molecule has 1 saturated heterocycles. The van der Waals surface area contributed by atoms with Crippen molar-refractivity contribution in [2.24, 2.45) is 17.8 Å². The Bertz CT molecular complexity index is 770. The fraction of sp³-hybridized carbons (Fsp3) is 0.667. The van der Waals surface area contributed by atoms with E-state index in [1.54, 1.807) is 19.9 Å². The monoisotopic (exact) mass is 428 g/mol. The number of fused-ring (bicyclic) bond motifs is 1. The number of aliphatic hydroxyl groups excluding tert-OH is 2. The summed E-state index contributed by atoms with van der Waals surface area (Å²) in [6.07, 6.45) is -2.24. The maximum Gasteiger partial charge on any atom is 0.224 e. The SMILES string of the molecule is CC(C)(C)OC(O)N1C[C@@H]2C(C(=O)NC(C)(C)C(O)c3cccc(Cl)c3F)[C@@H]2C1. The lowest BCUT2D eigenvalue weighted by atomic mass is 9.90. The molecule has 6 nitrogen and oxygen atoms in total. The molecule has 1 heterocycles. The van der Waals surface area contributed by atoms with Gasteiger partial charge in [-0.3, -0.25) is 9.69 Å². The Hall–Kier alpha value is -1.25. The first kappa shape index (κ1) is 22.4. The average molecular weight is 429 g/mol. The summed E-state index contributed by atoms with van der Waals surface area (Å²) in [5.41, 5.74) is -1.49. The molecule has 3 unspecified atom stereocenters. The van der Waals surface area contributed by atoms with E-state index >= 15 is 0 Å². The van der Waals surface area contributed by atoms with Crippen molar-refractivity contribution in [1.82, 2.24) is 10.2 Å². The number of benzene rings is 1. The van der Waals surface area contributed by atoms with Crippen LogP contribution in [0.5, 0.6) is 0 Å². The maximum absolute atomic E-state index is 14.3. The largest absolute Gasteiger partial charge is 0.386 e. The summed E-state index contributed by atoms with van der Waals surface area (Å²) >= 11 is 5.81. The molecular formula is C21H30ClFN2O4. The van der Waals surface area contributed by atoms with E-state index < -0.39 is 29.5 Å². The van der Waals surface area contributed by atoms with Crippen LogP contribution < -0.4 is 5.32 Å². The molecule has 0 bridgehead atoms. The summed E-state index contributed by atoms with van der Waals surface area (Å²) < 4.78 is 19.8. The number of ether oxygens (including phenoxy) is 1. The zero-order valence-corrected chi connectivity index (χ0v) is 18.2. The topological polar surface area (TPSA) is 82.0 Å². The van der Waals surface area contributed by atoms with Gasteiger partial charge in [0.2, 0.25) is 12.3 Å². The zero-order chi connectivity index (χ0) is 21.7. The summed E-state index contributed by atoms with van der Waals surface area (Å²) in [6.45, 7) is 10.1. The lowest BCUT2D eigenvalue weighted by Gasteiger charge is -2.33. The molecule has 0 radical (unpaired) electrons. The van der Waals surface area contributed by atoms with Crippen LogP contribution in [0.2, 0.25) is 5.02 Å². The summed E-state index contributed by atoms with van der Waals surface area (Å²) in [5, 5.41) is 23.7. The van der Waals surface area contributed by atoms with Crippen LogP contribution in [0, 0.1) is 23.6 Å². The van der Waals surface area contributed by atoms with Crippen LogP contribution in [0.1, 0.15) is 46.3 Å². The third-order valence-corrected chi connectivity index (χ3v) is 5.99. The van der Waals surface area contributed by atoms with Gasteiger partial charge in [-0.25, -0.2) is 4.39 Å². The van der Waals surface area contributed by atoms with Crippen molar-refractivity contribution in [2.75, 3.05) is 13.1 Å². The second kappa shape index (κ2) is 7.78.